The monoisotopic (exact) mass is 550 g/mol. The van der Waals surface area contributed by atoms with Crippen molar-refractivity contribution in [1.29, 1.82) is 0 Å². The Labute approximate surface area is 242 Å². The van der Waals surface area contributed by atoms with Gasteiger partial charge in [-0.15, -0.1) is 0 Å². The zero-order valence-electron chi connectivity index (χ0n) is 24.1. The third kappa shape index (κ3) is 8.70. The van der Waals surface area contributed by atoms with E-state index in [-0.39, 0.29) is 24.0 Å². The van der Waals surface area contributed by atoms with Crippen LogP contribution in [0.1, 0.15) is 72.4 Å². The van der Waals surface area contributed by atoms with Crippen molar-refractivity contribution in [2.75, 3.05) is 10.6 Å². The van der Waals surface area contributed by atoms with Crippen molar-refractivity contribution in [3.63, 3.8) is 0 Å². The molecule has 0 aliphatic heterocycles. The fraction of sp³-hybridized carbons (Fsp3) is 0.257. The minimum Gasteiger partial charge on any atom is -0.491 e. The maximum atomic E-state index is 12.8. The van der Waals surface area contributed by atoms with E-state index in [0.29, 0.717) is 22.6 Å². The van der Waals surface area contributed by atoms with Crippen LogP contribution in [-0.4, -0.2) is 24.0 Å². The Kier molecular flexibility index (Phi) is 10.2. The fourth-order valence-electron chi connectivity index (χ4n) is 4.11. The number of anilines is 2. The van der Waals surface area contributed by atoms with Crippen molar-refractivity contribution in [3.8, 4) is 11.5 Å². The number of hydrogen-bond donors (Lipinski definition) is 2. The molecule has 2 atom stereocenters. The van der Waals surface area contributed by atoms with Crippen LogP contribution in [-0.2, 0) is 6.42 Å². The van der Waals surface area contributed by atoms with Crippen LogP contribution in [0.2, 0.25) is 0 Å². The number of rotatable bonds is 12. The number of hydrogen-bond acceptors (Lipinski definition) is 4. The fourth-order valence-corrected chi connectivity index (χ4v) is 4.11. The summed E-state index contributed by atoms with van der Waals surface area (Å²) >= 11 is 0. The number of ether oxygens (including phenoxy) is 2. The van der Waals surface area contributed by atoms with Gasteiger partial charge >= 0.3 is 0 Å². The molecule has 0 spiro atoms. The van der Waals surface area contributed by atoms with Crippen LogP contribution in [0, 0.1) is 0 Å². The highest BCUT2D eigenvalue weighted by atomic mass is 16.5. The third-order valence-corrected chi connectivity index (χ3v) is 6.85. The zero-order chi connectivity index (χ0) is 29.2. The van der Waals surface area contributed by atoms with Gasteiger partial charge < -0.3 is 20.1 Å². The van der Waals surface area contributed by atoms with Crippen LogP contribution < -0.4 is 20.1 Å². The summed E-state index contributed by atoms with van der Waals surface area (Å²) in [6, 6.07) is 30.1. The lowest BCUT2D eigenvalue weighted by Gasteiger charge is -2.13. The van der Waals surface area contributed by atoms with E-state index in [1.54, 1.807) is 24.3 Å². The van der Waals surface area contributed by atoms with E-state index in [2.05, 4.69) is 24.5 Å². The van der Waals surface area contributed by atoms with Gasteiger partial charge in [-0.25, -0.2) is 0 Å². The first-order valence-corrected chi connectivity index (χ1v) is 14.2. The van der Waals surface area contributed by atoms with Gasteiger partial charge in [0.25, 0.3) is 11.8 Å². The normalized spacial score (nSPS) is 12.2. The summed E-state index contributed by atoms with van der Waals surface area (Å²) in [5.74, 6) is 1.02. The number of carbonyl (C=O) groups is 2. The van der Waals surface area contributed by atoms with Crippen LogP contribution in [0.3, 0.4) is 0 Å². The molecule has 0 radical (unpaired) electrons. The summed E-state index contributed by atoms with van der Waals surface area (Å²) in [6.45, 7) is 8.14. The quantitative estimate of drug-likeness (QED) is 0.187. The minimum absolute atomic E-state index is 0.0911. The smallest absolute Gasteiger partial charge is 0.255 e. The lowest BCUT2D eigenvalue weighted by Crippen LogP contribution is -2.13. The molecule has 4 aromatic carbocycles. The minimum atomic E-state index is -0.181. The Balaban J connectivity index is 1.31. The Hall–Kier alpha value is -4.58. The van der Waals surface area contributed by atoms with E-state index in [0.717, 1.165) is 41.8 Å². The van der Waals surface area contributed by atoms with Gasteiger partial charge in [-0.05, 0) is 105 Å². The molecule has 0 aliphatic carbocycles. The molecule has 0 saturated heterocycles. The van der Waals surface area contributed by atoms with Crippen molar-refractivity contribution in [1.82, 2.24) is 0 Å². The van der Waals surface area contributed by atoms with Gasteiger partial charge in [-0.2, -0.15) is 0 Å². The molecule has 0 aliphatic rings. The Morgan fingerprint density at radius 3 is 1.37 bits per heavy atom. The molecule has 6 nitrogen and oxygen atoms in total. The maximum absolute atomic E-state index is 12.8. The van der Waals surface area contributed by atoms with Gasteiger partial charge in [0.05, 0.1) is 12.2 Å². The number of nitrogens with one attached hydrogen (secondary N) is 2. The molecule has 4 rings (SSSR count). The predicted molar refractivity (Wildman–Crippen MR) is 165 cm³/mol. The van der Waals surface area contributed by atoms with E-state index in [4.69, 9.17) is 9.47 Å². The van der Waals surface area contributed by atoms with Crippen molar-refractivity contribution in [2.45, 2.75) is 59.2 Å². The van der Waals surface area contributed by atoms with E-state index in [1.165, 1.54) is 0 Å². The topological polar surface area (TPSA) is 76.7 Å². The summed E-state index contributed by atoms with van der Waals surface area (Å²) in [5, 5.41) is 5.91. The summed E-state index contributed by atoms with van der Waals surface area (Å²) in [7, 11) is 0. The van der Waals surface area contributed by atoms with E-state index in [9.17, 15) is 9.59 Å². The SMILES string of the molecule is CCC(C)Oc1cccc(C(=O)Nc2ccc(Cc3ccc(NC(=O)c4cccc(OC(C)CC)c4)cc3)cc2)c1. The number of carbonyl (C=O) groups excluding carboxylic acids is 2. The summed E-state index contributed by atoms with van der Waals surface area (Å²) < 4.78 is 11.7. The molecule has 212 valence electrons. The molecule has 0 saturated carbocycles. The predicted octanol–water partition coefficient (Wildman–Crippen LogP) is 8.14. The number of amides is 2. The van der Waals surface area contributed by atoms with Crippen LogP contribution in [0.25, 0.3) is 0 Å². The van der Waals surface area contributed by atoms with Crippen molar-refractivity contribution < 1.29 is 19.1 Å². The molecule has 4 aromatic rings. The maximum Gasteiger partial charge on any atom is 0.255 e. The first-order valence-electron chi connectivity index (χ1n) is 14.2. The van der Waals surface area contributed by atoms with Crippen LogP contribution in [0.4, 0.5) is 11.4 Å². The first kappa shape index (κ1) is 29.4. The molecular weight excluding hydrogens is 512 g/mol. The largest absolute Gasteiger partial charge is 0.491 e. The van der Waals surface area contributed by atoms with E-state index in [1.807, 2.05) is 86.6 Å². The summed E-state index contributed by atoms with van der Waals surface area (Å²) in [5.41, 5.74) is 4.78. The molecule has 6 heteroatoms. The van der Waals surface area contributed by atoms with Crippen molar-refractivity contribution >= 4 is 23.2 Å². The average Bonchev–Trinajstić information content (AvgIpc) is 2.99. The van der Waals surface area contributed by atoms with Gasteiger partial charge in [0, 0.05) is 22.5 Å². The van der Waals surface area contributed by atoms with E-state index >= 15 is 0 Å². The molecule has 2 amide bonds. The van der Waals surface area contributed by atoms with Gasteiger partial charge in [-0.1, -0.05) is 50.2 Å². The first-order chi connectivity index (χ1) is 19.8. The second-order valence-corrected chi connectivity index (χ2v) is 10.2. The average molecular weight is 551 g/mol. The van der Waals surface area contributed by atoms with Crippen LogP contribution in [0.5, 0.6) is 11.5 Å². The zero-order valence-corrected chi connectivity index (χ0v) is 24.1. The van der Waals surface area contributed by atoms with Gasteiger partial charge in [0.2, 0.25) is 0 Å². The van der Waals surface area contributed by atoms with Crippen molar-refractivity contribution in [3.05, 3.63) is 119 Å². The molecule has 0 fully saturated rings. The molecule has 2 N–H and O–H groups in total. The molecular formula is C35H38N2O4. The van der Waals surface area contributed by atoms with Gasteiger partial charge in [0.1, 0.15) is 11.5 Å². The standard InChI is InChI=1S/C35H38N2O4/c1-5-24(3)40-32-11-7-9-28(22-32)34(38)36-30-17-13-26(14-18-30)21-27-15-19-31(20-16-27)37-35(39)29-10-8-12-33(23-29)41-25(4)6-2/h7-20,22-25H,5-6,21H2,1-4H3,(H,36,38)(H,37,39). The van der Waals surface area contributed by atoms with Gasteiger partial charge in [0.15, 0.2) is 0 Å². The molecule has 0 bridgehead atoms. The Morgan fingerprint density at radius 2 is 1.00 bits per heavy atom. The second-order valence-electron chi connectivity index (χ2n) is 10.2. The highest BCUT2D eigenvalue weighted by Gasteiger charge is 2.11. The summed E-state index contributed by atoms with van der Waals surface area (Å²) in [4.78, 5) is 25.5. The molecule has 2 unspecified atom stereocenters. The Bertz CT molecular complexity index is 1340. The number of benzene rings is 4. The second kappa shape index (κ2) is 14.2. The summed E-state index contributed by atoms with van der Waals surface area (Å²) in [6.07, 6.45) is 2.70. The third-order valence-electron chi connectivity index (χ3n) is 6.85. The highest BCUT2D eigenvalue weighted by molar-refractivity contribution is 6.05. The van der Waals surface area contributed by atoms with Gasteiger partial charge in [-0.3, -0.25) is 9.59 Å². The molecule has 41 heavy (non-hydrogen) atoms. The lowest BCUT2D eigenvalue weighted by molar-refractivity contribution is 0.101. The lowest BCUT2D eigenvalue weighted by atomic mass is 10.0. The Morgan fingerprint density at radius 1 is 0.610 bits per heavy atom. The van der Waals surface area contributed by atoms with Crippen LogP contribution in [0.15, 0.2) is 97.1 Å². The van der Waals surface area contributed by atoms with E-state index < -0.39 is 0 Å². The molecule has 0 aromatic heterocycles. The molecule has 0 heterocycles. The highest BCUT2D eigenvalue weighted by Crippen LogP contribution is 2.21. The van der Waals surface area contributed by atoms with Crippen LogP contribution >= 0.6 is 0 Å². The van der Waals surface area contributed by atoms with Crippen molar-refractivity contribution in [2.24, 2.45) is 0 Å².